The smallest absolute Gasteiger partial charge is 0.307 e. The van der Waals surface area contributed by atoms with Gasteiger partial charge < -0.3 is 15.7 Å². The summed E-state index contributed by atoms with van der Waals surface area (Å²) in [7, 11) is 0. The normalized spacial score (nSPS) is 21.0. The SMILES string of the molecule is CC(=O)Nc1cccc(NC(=O)C2CCCCC2C(=O)O)c1. The van der Waals surface area contributed by atoms with Gasteiger partial charge in [0.1, 0.15) is 0 Å². The van der Waals surface area contributed by atoms with Crippen LogP contribution in [-0.2, 0) is 14.4 Å². The summed E-state index contributed by atoms with van der Waals surface area (Å²) in [6, 6.07) is 6.80. The molecule has 1 aliphatic carbocycles. The number of carboxylic acids is 1. The van der Waals surface area contributed by atoms with Crippen LogP contribution in [0.5, 0.6) is 0 Å². The summed E-state index contributed by atoms with van der Waals surface area (Å²) in [6.07, 6.45) is 2.85. The minimum atomic E-state index is -0.910. The van der Waals surface area contributed by atoms with E-state index >= 15 is 0 Å². The van der Waals surface area contributed by atoms with Gasteiger partial charge in [-0.05, 0) is 31.0 Å². The van der Waals surface area contributed by atoms with Gasteiger partial charge in [-0.2, -0.15) is 0 Å². The summed E-state index contributed by atoms with van der Waals surface area (Å²) in [5.41, 5.74) is 1.13. The highest BCUT2D eigenvalue weighted by Gasteiger charge is 2.35. The summed E-state index contributed by atoms with van der Waals surface area (Å²) in [5.74, 6) is -2.50. The first kappa shape index (κ1) is 16.0. The molecule has 1 saturated carbocycles. The molecule has 2 amide bonds. The molecule has 2 unspecified atom stereocenters. The highest BCUT2D eigenvalue weighted by molar-refractivity contribution is 5.96. The van der Waals surface area contributed by atoms with E-state index in [9.17, 15) is 19.5 Å². The first-order valence-corrected chi connectivity index (χ1v) is 7.38. The molecule has 0 spiro atoms. The molecular formula is C16H20N2O4. The van der Waals surface area contributed by atoms with Crippen LogP contribution in [0.4, 0.5) is 11.4 Å². The zero-order chi connectivity index (χ0) is 16.1. The highest BCUT2D eigenvalue weighted by atomic mass is 16.4. The highest BCUT2D eigenvalue weighted by Crippen LogP contribution is 2.31. The molecule has 6 heteroatoms. The third kappa shape index (κ3) is 4.07. The number of benzene rings is 1. The van der Waals surface area contributed by atoms with Crippen molar-refractivity contribution < 1.29 is 19.5 Å². The topological polar surface area (TPSA) is 95.5 Å². The van der Waals surface area contributed by atoms with E-state index in [0.29, 0.717) is 24.2 Å². The minimum Gasteiger partial charge on any atom is -0.481 e. The molecule has 0 aliphatic heterocycles. The Bertz CT molecular complexity index is 585. The Morgan fingerprint density at radius 2 is 1.64 bits per heavy atom. The van der Waals surface area contributed by atoms with Crippen LogP contribution in [0.25, 0.3) is 0 Å². The van der Waals surface area contributed by atoms with Crippen molar-refractivity contribution in [3.8, 4) is 0 Å². The number of nitrogens with one attached hydrogen (secondary N) is 2. The fourth-order valence-corrected chi connectivity index (χ4v) is 2.85. The van der Waals surface area contributed by atoms with Gasteiger partial charge in [-0.3, -0.25) is 14.4 Å². The van der Waals surface area contributed by atoms with E-state index in [4.69, 9.17) is 0 Å². The maximum absolute atomic E-state index is 12.4. The Balaban J connectivity index is 2.07. The van der Waals surface area contributed by atoms with Crippen LogP contribution in [0.15, 0.2) is 24.3 Å². The molecule has 0 saturated heterocycles. The van der Waals surface area contributed by atoms with Crippen LogP contribution in [0.2, 0.25) is 0 Å². The summed E-state index contributed by atoms with van der Waals surface area (Å²) < 4.78 is 0. The van der Waals surface area contributed by atoms with Crippen molar-refractivity contribution in [2.75, 3.05) is 10.6 Å². The van der Waals surface area contributed by atoms with Gasteiger partial charge >= 0.3 is 5.97 Å². The lowest BCUT2D eigenvalue weighted by molar-refractivity contribution is -0.147. The predicted molar refractivity (Wildman–Crippen MR) is 82.5 cm³/mol. The number of hydrogen-bond acceptors (Lipinski definition) is 3. The second kappa shape index (κ2) is 7.06. The van der Waals surface area contributed by atoms with Crippen molar-refractivity contribution in [3.05, 3.63) is 24.3 Å². The molecule has 2 rings (SSSR count). The van der Waals surface area contributed by atoms with Crippen LogP contribution in [0.3, 0.4) is 0 Å². The van der Waals surface area contributed by atoms with E-state index in [1.165, 1.54) is 6.92 Å². The van der Waals surface area contributed by atoms with Crippen molar-refractivity contribution in [2.45, 2.75) is 32.6 Å². The van der Waals surface area contributed by atoms with Gasteiger partial charge in [0, 0.05) is 18.3 Å². The molecule has 1 fully saturated rings. The predicted octanol–water partition coefficient (Wildman–Crippen LogP) is 2.47. The van der Waals surface area contributed by atoms with Crippen LogP contribution in [-0.4, -0.2) is 22.9 Å². The van der Waals surface area contributed by atoms with Gasteiger partial charge in [0.05, 0.1) is 11.8 Å². The van der Waals surface area contributed by atoms with Crippen molar-refractivity contribution >= 4 is 29.2 Å². The molecule has 1 aromatic carbocycles. The second-order valence-corrected chi connectivity index (χ2v) is 5.59. The second-order valence-electron chi connectivity index (χ2n) is 5.59. The summed E-state index contributed by atoms with van der Waals surface area (Å²) in [4.78, 5) is 34.7. The molecular weight excluding hydrogens is 284 g/mol. The van der Waals surface area contributed by atoms with Crippen molar-refractivity contribution in [2.24, 2.45) is 11.8 Å². The van der Waals surface area contributed by atoms with Crippen LogP contribution >= 0.6 is 0 Å². The van der Waals surface area contributed by atoms with Gasteiger partial charge in [0.15, 0.2) is 0 Å². The Morgan fingerprint density at radius 1 is 1.05 bits per heavy atom. The third-order valence-electron chi connectivity index (χ3n) is 3.87. The lowest BCUT2D eigenvalue weighted by Crippen LogP contribution is -2.36. The Labute approximate surface area is 128 Å². The molecule has 3 N–H and O–H groups in total. The van der Waals surface area contributed by atoms with Crippen molar-refractivity contribution in [1.29, 1.82) is 0 Å². The summed E-state index contributed by atoms with van der Waals surface area (Å²) in [5, 5.41) is 14.6. The van der Waals surface area contributed by atoms with Gasteiger partial charge in [-0.25, -0.2) is 0 Å². The fraction of sp³-hybridized carbons (Fsp3) is 0.438. The van der Waals surface area contributed by atoms with Crippen LogP contribution in [0.1, 0.15) is 32.6 Å². The Morgan fingerprint density at radius 3 is 2.23 bits per heavy atom. The number of amides is 2. The number of carbonyl (C=O) groups is 3. The molecule has 0 aromatic heterocycles. The standard InChI is InChI=1S/C16H20N2O4/c1-10(19)17-11-5-4-6-12(9-11)18-15(20)13-7-2-3-8-14(13)16(21)22/h4-6,9,13-14H,2-3,7-8H2,1H3,(H,17,19)(H,18,20)(H,21,22). The van der Waals surface area contributed by atoms with E-state index in [1.54, 1.807) is 24.3 Å². The molecule has 0 radical (unpaired) electrons. The first-order chi connectivity index (χ1) is 10.5. The van der Waals surface area contributed by atoms with E-state index in [-0.39, 0.29) is 11.8 Å². The number of carbonyl (C=O) groups excluding carboxylic acids is 2. The zero-order valence-electron chi connectivity index (χ0n) is 12.5. The molecule has 2 atom stereocenters. The zero-order valence-corrected chi connectivity index (χ0v) is 12.5. The van der Waals surface area contributed by atoms with Gasteiger partial charge in [0.25, 0.3) is 0 Å². The number of aliphatic carboxylic acids is 1. The lowest BCUT2D eigenvalue weighted by atomic mass is 9.78. The van der Waals surface area contributed by atoms with Gasteiger partial charge in [-0.15, -0.1) is 0 Å². The Hall–Kier alpha value is -2.37. The van der Waals surface area contributed by atoms with Gasteiger partial charge in [0.2, 0.25) is 11.8 Å². The average molecular weight is 304 g/mol. The maximum Gasteiger partial charge on any atom is 0.307 e. The largest absolute Gasteiger partial charge is 0.481 e. The maximum atomic E-state index is 12.4. The molecule has 22 heavy (non-hydrogen) atoms. The van der Waals surface area contributed by atoms with E-state index in [0.717, 1.165) is 12.8 Å². The monoisotopic (exact) mass is 304 g/mol. The summed E-state index contributed by atoms with van der Waals surface area (Å²) in [6.45, 7) is 1.41. The van der Waals surface area contributed by atoms with E-state index < -0.39 is 17.8 Å². The first-order valence-electron chi connectivity index (χ1n) is 7.38. The number of rotatable bonds is 4. The minimum absolute atomic E-state index is 0.193. The molecule has 0 heterocycles. The quantitative estimate of drug-likeness (QED) is 0.796. The number of hydrogen-bond donors (Lipinski definition) is 3. The number of anilines is 2. The summed E-state index contributed by atoms with van der Waals surface area (Å²) >= 11 is 0. The van der Waals surface area contributed by atoms with Gasteiger partial charge in [-0.1, -0.05) is 18.9 Å². The molecule has 0 bridgehead atoms. The van der Waals surface area contributed by atoms with E-state index in [2.05, 4.69) is 10.6 Å². The molecule has 118 valence electrons. The van der Waals surface area contributed by atoms with Crippen LogP contribution in [0, 0.1) is 11.8 Å². The molecule has 6 nitrogen and oxygen atoms in total. The van der Waals surface area contributed by atoms with E-state index in [1.807, 2.05) is 0 Å². The van der Waals surface area contributed by atoms with Crippen molar-refractivity contribution in [3.63, 3.8) is 0 Å². The number of carboxylic acid groups (broad SMARTS) is 1. The fourth-order valence-electron chi connectivity index (χ4n) is 2.85. The molecule has 1 aliphatic rings. The Kier molecular flexibility index (Phi) is 5.14. The van der Waals surface area contributed by atoms with Crippen LogP contribution < -0.4 is 10.6 Å². The van der Waals surface area contributed by atoms with Crippen molar-refractivity contribution in [1.82, 2.24) is 0 Å². The average Bonchev–Trinajstić information content (AvgIpc) is 2.46. The lowest BCUT2D eigenvalue weighted by Gasteiger charge is -2.27. The molecule has 1 aromatic rings. The third-order valence-corrected chi connectivity index (χ3v) is 3.87.